The maximum Gasteiger partial charge on any atom is 0.220 e. The summed E-state index contributed by atoms with van der Waals surface area (Å²) in [5.74, 6) is 0.999. The van der Waals surface area contributed by atoms with Crippen molar-refractivity contribution in [2.75, 3.05) is 0 Å². The zero-order valence-electron chi connectivity index (χ0n) is 17.5. The first-order valence-corrected chi connectivity index (χ1v) is 11.5. The van der Waals surface area contributed by atoms with E-state index in [4.69, 9.17) is 10.2 Å². The summed E-state index contributed by atoms with van der Waals surface area (Å²) in [5, 5.41) is 13.3. The Balaban J connectivity index is 1.60. The first kappa shape index (κ1) is 21.5. The van der Waals surface area contributed by atoms with Crippen molar-refractivity contribution < 1.29 is 4.79 Å². The fourth-order valence-electron chi connectivity index (χ4n) is 4.14. The molecule has 0 spiro atoms. The summed E-state index contributed by atoms with van der Waals surface area (Å²) in [7, 11) is 0. The summed E-state index contributed by atoms with van der Waals surface area (Å²) in [5.41, 5.74) is 2.88. The molecule has 29 heavy (non-hydrogen) atoms. The van der Waals surface area contributed by atoms with E-state index in [0.717, 1.165) is 23.4 Å². The van der Waals surface area contributed by atoms with E-state index in [-0.39, 0.29) is 11.9 Å². The zero-order valence-corrected chi connectivity index (χ0v) is 18.4. The van der Waals surface area contributed by atoms with Gasteiger partial charge in [0, 0.05) is 30.9 Å². The third kappa shape index (κ3) is 5.90. The number of thiazole rings is 1. The minimum absolute atomic E-state index is 0.0268. The largest absolute Gasteiger partial charge is 0.353 e. The average Bonchev–Trinajstić information content (AvgIpc) is 3.14. The van der Waals surface area contributed by atoms with Crippen LogP contribution in [0.5, 0.6) is 0 Å². The standard InChI is InChI=1S/C24H31N3OS/c1-16(2)19-9-10-20-22(14-19)29-24(27-20)12-11-23(28)26-21(13-17(3)15-25)18-7-5-4-6-8-18/h9-10,14,16,18,21H,3-8,11-13H2,1-2H3,(H,26,28). The van der Waals surface area contributed by atoms with E-state index < -0.39 is 0 Å². The lowest BCUT2D eigenvalue weighted by atomic mass is 9.81. The Morgan fingerprint density at radius 3 is 2.79 bits per heavy atom. The van der Waals surface area contributed by atoms with Crippen LogP contribution in [-0.2, 0) is 11.2 Å². The number of rotatable bonds is 8. The number of nitriles is 1. The van der Waals surface area contributed by atoms with E-state index in [1.807, 2.05) is 0 Å². The van der Waals surface area contributed by atoms with Gasteiger partial charge in [-0.15, -0.1) is 11.3 Å². The Hall–Kier alpha value is -2.19. The fourth-order valence-corrected chi connectivity index (χ4v) is 5.15. The summed E-state index contributed by atoms with van der Waals surface area (Å²) < 4.78 is 1.19. The Labute approximate surface area is 178 Å². The van der Waals surface area contributed by atoms with Crippen LogP contribution in [0.3, 0.4) is 0 Å². The Morgan fingerprint density at radius 1 is 1.34 bits per heavy atom. The number of nitrogens with one attached hydrogen (secondary N) is 1. The molecule has 1 aromatic carbocycles. The molecule has 1 N–H and O–H groups in total. The number of aryl methyl sites for hydroxylation is 1. The van der Waals surface area contributed by atoms with Crippen LogP contribution in [-0.4, -0.2) is 16.9 Å². The number of benzene rings is 1. The van der Waals surface area contributed by atoms with E-state index in [9.17, 15) is 4.79 Å². The molecule has 0 aliphatic heterocycles. The normalized spacial score (nSPS) is 15.9. The Morgan fingerprint density at radius 2 is 2.10 bits per heavy atom. The van der Waals surface area contributed by atoms with Crippen LogP contribution in [0.2, 0.25) is 0 Å². The molecule has 154 valence electrons. The molecule has 4 nitrogen and oxygen atoms in total. The van der Waals surface area contributed by atoms with Crippen LogP contribution in [0.1, 0.15) is 75.3 Å². The van der Waals surface area contributed by atoms with Gasteiger partial charge in [0.05, 0.1) is 21.3 Å². The van der Waals surface area contributed by atoms with Crippen LogP contribution >= 0.6 is 11.3 Å². The molecule has 1 atom stereocenters. The van der Waals surface area contributed by atoms with Gasteiger partial charge in [-0.2, -0.15) is 5.26 Å². The van der Waals surface area contributed by atoms with Crippen LogP contribution in [0.4, 0.5) is 0 Å². The molecular formula is C24H31N3OS. The summed E-state index contributed by atoms with van der Waals surface area (Å²) in [6, 6.07) is 8.60. The lowest BCUT2D eigenvalue weighted by molar-refractivity contribution is -0.122. The Bertz CT molecular complexity index is 902. The molecule has 0 bridgehead atoms. The molecule has 2 aromatic rings. The summed E-state index contributed by atoms with van der Waals surface area (Å²) >= 11 is 1.68. The molecule has 1 unspecified atom stereocenters. The minimum atomic E-state index is 0.0268. The molecule has 0 saturated heterocycles. The van der Waals surface area contributed by atoms with E-state index in [2.05, 4.69) is 50.0 Å². The lowest BCUT2D eigenvalue weighted by Crippen LogP contribution is -2.41. The van der Waals surface area contributed by atoms with Gasteiger partial charge >= 0.3 is 0 Å². The first-order chi connectivity index (χ1) is 14.0. The molecule has 0 radical (unpaired) electrons. The maximum atomic E-state index is 12.7. The van der Waals surface area contributed by atoms with Crippen LogP contribution in [0, 0.1) is 17.2 Å². The topological polar surface area (TPSA) is 65.8 Å². The zero-order chi connectivity index (χ0) is 20.8. The predicted molar refractivity (Wildman–Crippen MR) is 120 cm³/mol. The highest BCUT2D eigenvalue weighted by atomic mass is 32.1. The predicted octanol–water partition coefficient (Wildman–Crippen LogP) is 5.89. The number of hydrogen-bond donors (Lipinski definition) is 1. The van der Waals surface area contributed by atoms with E-state index in [1.165, 1.54) is 29.5 Å². The third-order valence-electron chi connectivity index (χ3n) is 5.88. The molecule has 1 aromatic heterocycles. The van der Waals surface area contributed by atoms with Crippen molar-refractivity contribution in [2.24, 2.45) is 5.92 Å². The molecule has 3 rings (SSSR count). The van der Waals surface area contributed by atoms with Crippen molar-refractivity contribution in [3.8, 4) is 6.07 Å². The molecule has 1 aliphatic rings. The van der Waals surface area contributed by atoms with Crippen molar-refractivity contribution in [1.82, 2.24) is 10.3 Å². The van der Waals surface area contributed by atoms with Crippen molar-refractivity contribution in [3.05, 3.63) is 40.9 Å². The second kappa shape index (κ2) is 10.0. The molecule has 1 heterocycles. The summed E-state index contributed by atoms with van der Waals surface area (Å²) in [6.45, 7) is 8.21. The molecule has 5 heteroatoms. The molecule has 1 aliphatic carbocycles. The van der Waals surface area contributed by atoms with Gasteiger partial charge in [0.1, 0.15) is 0 Å². The molecule has 1 saturated carbocycles. The first-order valence-electron chi connectivity index (χ1n) is 10.7. The van der Waals surface area contributed by atoms with Crippen LogP contribution in [0.15, 0.2) is 30.4 Å². The lowest BCUT2D eigenvalue weighted by Gasteiger charge is -2.30. The van der Waals surface area contributed by atoms with Crippen molar-refractivity contribution in [1.29, 1.82) is 5.26 Å². The van der Waals surface area contributed by atoms with Gasteiger partial charge in [-0.3, -0.25) is 4.79 Å². The van der Waals surface area contributed by atoms with E-state index in [1.54, 1.807) is 11.3 Å². The smallest absolute Gasteiger partial charge is 0.220 e. The second-order valence-corrected chi connectivity index (χ2v) is 9.60. The van der Waals surface area contributed by atoms with Crippen molar-refractivity contribution in [3.63, 3.8) is 0 Å². The van der Waals surface area contributed by atoms with Gasteiger partial charge in [-0.05, 0) is 42.4 Å². The van der Waals surface area contributed by atoms with E-state index in [0.29, 0.717) is 36.7 Å². The number of carbonyl (C=O) groups is 1. The van der Waals surface area contributed by atoms with Gasteiger partial charge in [-0.25, -0.2) is 4.98 Å². The fraction of sp³-hybridized carbons (Fsp3) is 0.542. The number of fused-ring (bicyclic) bond motifs is 1. The number of aromatic nitrogens is 1. The van der Waals surface area contributed by atoms with Gasteiger partial charge < -0.3 is 5.32 Å². The quantitative estimate of drug-likeness (QED) is 0.553. The van der Waals surface area contributed by atoms with Crippen LogP contribution < -0.4 is 5.32 Å². The van der Waals surface area contributed by atoms with Gasteiger partial charge in [0.2, 0.25) is 5.91 Å². The summed E-state index contributed by atoms with van der Waals surface area (Å²) in [6.07, 6.45) is 7.58. The minimum Gasteiger partial charge on any atom is -0.353 e. The molecule has 1 fully saturated rings. The summed E-state index contributed by atoms with van der Waals surface area (Å²) in [4.78, 5) is 17.3. The van der Waals surface area contributed by atoms with E-state index >= 15 is 0 Å². The van der Waals surface area contributed by atoms with Gasteiger partial charge in [0.15, 0.2) is 0 Å². The van der Waals surface area contributed by atoms with Crippen LogP contribution in [0.25, 0.3) is 10.2 Å². The number of hydrogen-bond acceptors (Lipinski definition) is 4. The second-order valence-electron chi connectivity index (χ2n) is 8.48. The average molecular weight is 410 g/mol. The van der Waals surface area contributed by atoms with Gasteiger partial charge in [-0.1, -0.05) is 45.8 Å². The number of carbonyl (C=O) groups excluding carboxylic acids is 1. The Kier molecular flexibility index (Phi) is 7.44. The third-order valence-corrected chi connectivity index (χ3v) is 6.96. The van der Waals surface area contributed by atoms with Crippen molar-refractivity contribution >= 4 is 27.5 Å². The molecule has 1 amide bonds. The highest BCUT2D eigenvalue weighted by Crippen LogP contribution is 2.29. The van der Waals surface area contributed by atoms with Crippen molar-refractivity contribution in [2.45, 2.75) is 77.2 Å². The highest BCUT2D eigenvalue weighted by molar-refractivity contribution is 7.18. The molecular weight excluding hydrogens is 378 g/mol. The number of nitrogens with zero attached hydrogens (tertiary/aromatic N) is 2. The number of amides is 1. The monoisotopic (exact) mass is 409 g/mol. The maximum absolute atomic E-state index is 12.7. The SMILES string of the molecule is C=C(C#N)CC(NC(=O)CCc1nc2ccc(C(C)C)cc2s1)C1CCCCC1. The highest BCUT2D eigenvalue weighted by Gasteiger charge is 2.25. The van der Waals surface area contributed by atoms with Gasteiger partial charge in [0.25, 0.3) is 0 Å².